The van der Waals surface area contributed by atoms with Gasteiger partial charge in [-0.3, -0.25) is 28.9 Å². The van der Waals surface area contributed by atoms with Crippen molar-refractivity contribution in [2.45, 2.75) is 37.6 Å². The summed E-state index contributed by atoms with van der Waals surface area (Å²) < 4.78 is 9.06. The lowest BCUT2D eigenvalue weighted by atomic mass is 10.1. The highest BCUT2D eigenvalue weighted by Gasteiger charge is 2.33. The Morgan fingerprint density at radius 3 is 2.59 bits per heavy atom. The van der Waals surface area contributed by atoms with Crippen LogP contribution in [0.3, 0.4) is 0 Å². The molecule has 1 unspecified atom stereocenters. The van der Waals surface area contributed by atoms with E-state index in [1.807, 2.05) is 18.2 Å². The molecule has 154 valence electrons. The van der Waals surface area contributed by atoms with Crippen LogP contribution in [0.15, 0.2) is 23.0 Å². The number of fused-ring (bicyclic) bond motifs is 1. The Kier molecular flexibility index (Phi) is 4.53. The number of aryl methyl sites for hydroxylation is 1. The van der Waals surface area contributed by atoms with Gasteiger partial charge in [-0.15, -0.1) is 0 Å². The third-order valence-electron chi connectivity index (χ3n) is 6.13. The molecule has 2 N–H and O–H groups in total. The van der Waals surface area contributed by atoms with Crippen molar-refractivity contribution in [1.29, 1.82) is 0 Å². The summed E-state index contributed by atoms with van der Waals surface area (Å²) in [5, 5.41) is 5.55. The van der Waals surface area contributed by atoms with Crippen LogP contribution in [0.1, 0.15) is 24.4 Å². The third-order valence-corrected chi connectivity index (χ3v) is 6.13. The van der Waals surface area contributed by atoms with Crippen LogP contribution in [0, 0.1) is 0 Å². The number of hydrogen-bond donors (Lipinski definition) is 2. The second kappa shape index (κ2) is 7.08. The van der Waals surface area contributed by atoms with Crippen molar-refractivity contribution in [1.82, 2.24) is 24.7 Å². The first-order valence-corrected chi connectivity index (χ1v) is 10.1. The summed E-state index contributed by atoms with van der Waals surface area (Å²) in [5.41, 5.74) is 2.40. The number of imidazole rings is 1. The lowest BCUT2D eigenvalue weighted by molar-refractivity contribution is -0.135. The predicted molar refractivity (Wildman–Crippen MR) is 105 cm³/mol. The van der Waals surface area contributed by atoms with Crippen molar-refractivity contribution >= 4 is 22.8 Å². The normalized spacial score (nSPS) is 23.8. The Morgan fingerprint density at radius 2 is 1.90 bits per heavy atom. The molecule has 3 aliphatic rings. The number of carbonyl (C=O) groups excluding carboxylic acids is 2. The van der Waals surface area contributed by atoms with E-state index in [0.29, 0.717) is 18.6 Å². The summed E-state index contributed by atoms with van der Waals surface area (Å²) in [7, 11) is 1.72. The average molecular weight is 399 g/mol. The maximum atomic E-state index is 12.8. The topological polar surface area (TPSA) is 97.6 Å². The molecule has 29 heavy (non-hydrogen) atoms. The molecule has 1 atom stereocenters. The van der Waals surface area contributed by atoms with Crippen LogP contribution < -0.4 is 16.3 Å². The number of ether oxygens (including phenoxy) is 1. The Hall–Kier alpha value is -2.49. The quantitative estimate of drug-likeness (QED) is 0.658. The molecule has 0 radical (unpaired) electrons. The number of likely N-dealkylation sites (tertiary alicyclic amines) is 1. The number of imide groups is 1. The van der Waals surface area contributed by atoms with Crippen LogP contribution in [0.2, 0.25) is 0 Å². The van der Waals surface area contributed by atoms with Crippen LogP contribution in [-0.4, -0.2) is 64.2 Å². The number of piperidine rings is 1. The van der Waals surface area contributed by atoms with E-state index in [0.717, 1.165) is 49.3 Å². The standard InChI is InChI=1S/C20H25N5O4/c1-23-17-6-12(9-24-10-14(11-24)29-13-7-21-8-13)2-3-15(17)25(20(23)28)16-4-5-18(26)22-19(16)27/h2-3,6,13-14,16,21H,4-5,7-11H2,1H3,(H,22,26,27). The maximum absolute atomic E-state index is 12.8. The van der Waals surface area contributed by atoms with E-state index in [9.17, 15) is 14.4 Å². The van der Waals surface area contributed by atoms with Crippen molar-refractivity contribution in [3.63, 3.8) is 0 Å². The minimum absolute atomic E-state index is 0.238. The molecule has 3 fully saturated rings. The second-order valence-electron chi connectivity index (χ2n) is 8.23. The summed E-state index contributed by atoms with van der Waals surface area (Å²) in [4.78, 5) is 38.9. The molecule has 0 bridgehead atoms. The number of nitrogens with zero attached hydrogens (tertiary/aromatic N) is 3. The first kappa shape index (κ1) is 18.5. The number of benzene rings is 1. The Bertz CT molecular complexity index is 1030. The molecular formula is C20H25N5O4. The van der Waals surface area contributed by atoms with Gasteiger partial charge in [0.2, 0.25) is 11.8 Å². The first-order chi connectivity index (χ1) is 14.0. The fraction of sp³-hybridized carbons (Fsp3) is 0.550. The maximum Gasteiger partial charge on any atom is 0.329 e. The van der Waals surface area contributed by atoms with E-state index in [2.05, 4.69) is 15.5 Å². The smallest absolute Gasteiger partial charge is 0.329 e. The highest BCUT2D eigenvalue weighted by atomic mass is 16.5. The minimum Gasteiger partial charge on any atom is -0.370 e. The Balaban J connectivity index is 1.33. The molecule has 5 rings (SSSR count). The van der Waals surface area contributed by atoms with Gasteiger partial charge >= 0.3 is 5.69 Å². The van der Waals surface area contributed by atoms with Crippen molar-refractivity contribution < 1.29 is 14.3 Å². The summed E-state index contributed by atoms with van der Waals surface area (Å²) in [5.74, 6) is -0.694. The number of aromatic nitrogens is 2. The lowest BCUT2D eigenvalue weighted by Crippen LogP contribution is -2.57. The van der Waals surface area contributed by atoms with Crippen molar-refractivity contribution in [3.8, 4) is 0 Å². The molecule has 3 aliphatic heterocycles. The molecule has 2 amide bonds. The molecule has 0 aliphatic carbocycles. The summed E-state index contributed by atoms with van der Waals surface area (Å²) in [6.45, 7) is 4.54. The minimum atomic E-state index is -0.649. The van der Waals surface area contributed by atoms with E-state index >= 15 is 0 Å². The van der Waals surface area contributed by atoms with Crippen molar-refractivity contribution in [2.75, 3.05) is 26.2 Å². The van der Waals surface area contributed by atoms with Gasteiger partial charge in [-0.2, -0.15) is 0 Å². The average Bonchev–Trinajstić information content (AvgIpc) is 2.86. The molecule has 9 nitrogen and oxygen atoms in total. The molecule has 4 heterocycles. The predicted octanol–water partition coefficient (Wildman–Crippen LogP) is -0.510. The number of amides is 2. The Labute approximate surface area is 167 Å². The molecule has 2 aromatic rings. The zero-order valence-corrected chi connectivity index (χ0v) is 16.4. The lowest BCUT2D eigenvalue weighted by Gasteiger charge is -2.42. The summed E-state index contributed by atoms with van der Waals surface area (Å²) >= 11 is 0. The van der Waals surface area contributed by atoms with Gasteiger partial charge in [0.25, 0.3) is 0 Å². The molecule has 0 spiro atoms. The van der Waals surface area contributed by atoms with Crippen LogP contribution in [0.4, 0.5) is 0 Å². The molecule has 9 heteroatoms. The number of nitrogens with one attached hydrogen (secondary N) is 2. The highest BCUT2D eigenvalue weighted by Crippen LogP contribution is 2.25. The van der Waals surface area contributed by atoms with E-state index in [1.165, 1.54) is 4.57 Å². The SMILES string of the molecule is Cn1c(=O)n(C2CCC(=O)NC2=O)c2ccc(CN3CC(OC4CNC4)C3)cc21. The zero-order chi connectivity index (χ0) is 20.1. The second-order valence-corrected chi connectivity index (χ2v) is 8.23. The van der Waals surface area contributed by atoms with E-state index < -0.39 is 11.9 Å². The van der Waals surface area contributed by atoms with Gasteiger partial charge in [-0.25, -0.2) is 4.79 Å². The van der Waals surface area contributed by atoms with Crippen LogP contribution in [-0.2, 0) is 27.9 Å². The highest BCUT2D eigenvalue weighted by molar-refractivity contribution is 6.00. The molecule has 1 aromatic carbocycles. The number of rotatable bonds is 5. The van der Waals surface area contributed by atoms with E-state index in [-0.39, 0.29) is 18.0 Å². The number of hydrogen-bond acceptors (Lipinski definition) is 6. The van der Waals surface area contributed by atoms with Gasteiger partial charge in [-0.05, 0) is 24.1 Å². The van der Waals surface area contributed by atoms with Gasteiger partial charge in [0.05, 0.1) is 23.2 Å². The fourth-order valence-electron chi connectivity index (χ4n) is 4.36. The molecule has 1 aromatic heterocycles. The monoisotopic (exact) mass is 399 g/mol. The van der Waals surface area contributed by atoms with Gasteiger partial charge < -0.3 is 10.1 Å². The Morgan fingerprint density at radius 1 is 1.10 bits per heavy atom. The number of carbonyl (C=O) groups is 2. The zero-order valence-electron chi connectivity index (χ0n) is 16.4. The third kappa shape index (κ3) is 3.29. The largest absolute Gasteiger partial charge is 0.370 e. The van der Waals surface area contributed by atoms with Crippen LogP contribution >= 0.6 is 0 Å². The van der Waals surface area contributed by atoms with Crippen molar-refractivity contribution in [2.24, 2.45) is 7.05 Å². The van der Waals surface area contributed by atoms with Gasteiger partial charge in [-0.1, -0.05) is 6.07 Å². The van der Waals surface area contributed by atoms with Gasteiger partial charge in [0, 0.05) is 46.2 Å². The van der Waals surface area contributed by atoms with Crippen LogP contribution in [0.25, 0.3) is 11.0 Å². The van der Waals surface area contributed by atoms with E-state index in [1.54, 1.807) is 11.6 Å². The molecular weight excluding hydrogens is 374 g/mol. The van der Waals surface area contributed by atoms with E-state index in [4.69, 9.17) is 4.74 Å². The van der Waals surface area contributed by atoms with Gasteiger partial charge in [0.15, 0.2) is 0 Å². The molecule has 3 saturated heterocycles. The van der Waals surface area contributed by atoms with Crippen molar-refractivity contribution in [3.05, 3.63) is 34.2 Å². The summed E-state index contributed by atoms with van der Waals surface area (Å²) in [6.07, 6.45) is 1.26. The summed E-state index contributed by atoms with van der Waals surface area (Å²) in [6, 6.07) is 5.28. The van der Waals surface area contributed by atoms with Gasteiger partial charge in [0.1, 0.15) is 6.04 Å². The molecule has 0 saturated carbocycles. The fourth-order valence-corrected chi connectivity index (χ4v) is 4.36. The van der Waals surface area contributed by atoms with Crippen LogP contribution in [0.5, 0.6) is 0 Å². The first-order valence-electron chi connectivity index (χ1n) is 10.1.